The Morgan fingerprint density at radius 1 is 1.41 bits per heavy atom. The molecule has 0 bridgehead atoms. The maximum absolute atomic E-state index is 5.84. The number of methoxy groups -OCH3 is 1. The lowest BCUT2D eigenvalue weighted by atomic mass is 9.94. The Morgan fingerprint density at radius 2 is 2.18 bits per heavy atom. The third-order valence-corrected chi connectivity index (χ3v) is 3.76. The molecule has 1 heterocycles. The molecule has 102 valence electrons. The van der Waals surface area contributed by atoms with Crippen LogP contribution in [0.3, 0.4) is 0 Å². The Bertz CT molecular complexity index is 197. The number of nitrogens with two attached hydrogens (primary N) is 1. The van der Waals surface area contributed by atoms with Crippen molar-refractivity contribution in [3.05, 3.63) is 0 Å². The molecule has 1 aliphatic heterocycles. The van der Waals surface area contributed by atoms with E-state index in [0.29, 0.717) is 5.92 Å². The van der Waals surface area contributed by atoms with E-state index in [1.165, 1.54) is 38.9 Å². The lowest BCUT2D eigenvalue weighted by molar-refractivity contribution is 0.152. The fourth-order valence-corrected chi connectivity index (χ4v) is 2.85. The van der Waals surface area contributed by atoms with Gasteiger partial charge in [0, 0.05) is 13.7 Å². The van der Waals surface area contributed by atoms with E-state index >= 15 is 0 Å². The van der Waals surface area contributed by atoms with Gasteiger partial charge in [-0.1, -0.05) is 13.8 Å². The highest BCUT2D eigenvalue weighted by Gasteiger charge is 2.22. The van der Waals surface area contributed by atoms with Gasteiger partial charge in [0.15, 0.2) is 0 Å². The average Bonchev–Trinajstić information content (AvgIpc) is 2.72. The van der Waals surface area contributed by atoms with Crippen LogP contribution in [0.2, 0.25) is 0 Å². The van der Waals surface area contributed by atoms with Crippen LogP contribution in [0.4, 0.5) is 0 Å². The summed E-state index contributed by atoms with van der Waals surface area (Å²) in [7, 11) is 1.80. The van der Waals surface area contributed by atoms with Gasteiger partial charge < -0.3 is 15.4 Å². The van der Waals surface area contributed by atoms with E-state index in [4.69, 9.17) is 10.5 Å². The molecule has 2 unspecified atom stereocenters. The van der Waals surface area contributed by atoms with E-state index in [1.807, 2.05) is 0 Å². The van der Waals surface area contributed by atoms with E-state index in [-0.39, 0.29) is 0 Å². The van der Waals surface area contributed by atoms with E-state index in [1.54, 1.807) is 7.11 Å². The second-order valence-corrected chi connectivity index (χ2v) is 5.93. The summed E-state index contributed by atoms with van der Waals surface area (Å²) in [6.45, 7) is 10.0. The van der Waals surface area contributed by atoms with Crippen molar-refractivity contribution in [1.29, 1.82) is 0 Å². The molecule has 0 aliphatic carbocycles. The SMILES string of the molecule is COCC1CCN(CCC(CN)CC(C)C)C1. The van der Waals surface area contributed by atoms with Crippen molar-refractivity contribution in [3.63, 3.8) is 0 Å². The number of rotatable bonds is 8. The molecule has 1 rings (SSSR count). The normalized spacial score (nSPS) is 23.5. The fraction of sp³-hybridized carbons (Fsp3) is 1.00. The van der Waals surface area contributed by atoms with Crippen molar-refractivity contribution in [2.75, 3.05) is 39.9 Å². The Morgan fingerprint density at radius 3 is 2.76 bits per heavy atom. The summed E-state index contributed by atoms with van der Waals surface area (Å²) in [5.41, 5.74) is 5.84. The number of likely N-dealkylation sites (tertiary alicyclic amines) is 1. The predicted octanol–water partition coefficient (Wildman–Crippen LogP) is 1.97. The lowest BCUT2D eigenvalue weighted by Gasteiger charge is -2.21. The first kappa shape index (κ1) is 14.9. The van der Waals surface area contributed by atoms with Gasteiger partial charge >= 0.3 is 0 Å². The largest absolute Gasteiger partial charge is 0.384 e. The Balaban J connectivity index is 2.17. The molecule has 0 radical (unpaired) electrons. The molecule has 2 N–H and O–H groups in total. The maximum Gasteiger partial charge on any atom is 0.0503 e. The minimum absolute atomic E-state index is 0.705. The molecule has 0 saturated carbocycles. The van der Waals surface area contributed by atoms with Crippen LogP contribution in [-0.4, -0.2) is 44.8 Å². The lowest BCUT2D eigenvalue weighted by Crippen LogP contribution is -2.27. The van der Waals surface area contributed by atoms with Crippen LogP contribution in [0.1, 0.15) is 33.1 Å². The number of ether oxygens (including phenoxy) is 1. The summed E-state index contributed by atoms with van der Waals surface area (Å²) in [5, 5.41) is 0. The van der Waals surface area contributed by atoms with Crippen LogP contribution >= 0.6 is 0 Å². The van der Waals surface area contributed by atoms with Gasteiger partial charge in [0.05, 0.1) is 6.61 Å². The number of nitrogens with zero attached hydrogens (tertiary/aromatic N) is 1. The third kappa shape index (κ3) is 5.84. The van der Waals surface area contributed by atoms with E-state index in [9.17, 15) is 0 Å². The van der Waals surface area contributed by atoms with Gasteiger partial charge in [-0.3, -0.25) is 0 Å². The summed E-state index contributed by atoms with van der Waals surface area (Å²) in [5.74, 6) is 2.22. The molecule has 2 atom stereocenters. The highest BCUT2D eigenvalue weighted by atomic mass is 16.5. The van der Waals surface area contributed by atoms with Gasteiger partial charge in [-0.2, -0.15) is 0 Å². The van der Waals surface area contributed by atoms with Crippen molar-refractivity contribution >= 4 is 0 Å². The molecule has 1 fully saturated rings. The zero-order chi connectivity index (χ0) is 12.7. The molecule has 0 aromatic heterocycles. The highest BCUT2D eigenvalue weighted by molar-refractivity contribution is 4.76. The number of hydrogen-bond donors (Lipinski definition) is 1. The summed E-state index contributed by atoms with van der Waals surface area (Å²) in [4.78, 5) is 2.58. The molecule has 1 aliphatic rings. The summed E-state index contributed by atoms with van der Waals surface area (Å²) >= 11 is 0. The second kappa shape index (κ2) is 8.06. The molecule has 0 amide bonds. The Hall–Kier alpha value is -0.120. The van der Waals surface area contributed by atoms with Gasteiger partial charge in [-0.15, -0.1) is 0 Å². The average molecular weight is 242 g/mol. The van der Waals surface area contributed by atoms with Gasteiger partial charge in [0.1, 0.15) is 0 Å². The van der Waals surface area contributed by atoms with E-state index in [0.717, 1.165) is 25.0 Å². The quantitative estimate of drug-likeness (QED) is 0.707. The molecule has 1 saturated heterocycles. The molecule has 0 aromatic carbocycles. The first-order chi connectivity index (χ1) is 8.15. The van der Waals surface area contributed by atoms with Crippen LogP contribution in [0.5, 0.6) is 0 Å². The standard InChI is InChI=1S/C14H30N2O/c1-12(2)8-13(9-15)4-6-16-7-5-14(10-16)11-17-3/h12-14H,4-11,15H2,1-3H3. The van der Waals surface area contributed by atoms with Crippen LogP contribution in [-0.2, 0) is 4.74 Å². The minimum Gasteiger partial charge on any atom is -0.384 e. The summed E-state index contributed by atoms with van der Waals surface area (Å²) in [6, 6.07) is 0. The third-order valence-electron chi connectivity index (χ3n) is 3.76. The van der Waals surface area contributed by atoms with Crippen molar-refractivity contribution in [2.45, 2.75) is 33.1 Å². The topological polar surface area (TPSA) is 38.5 Å². The molecule has 3 heteroatoms. The van der Waals surface area contributed by atoms with Crippen molar-refractivity contribution < 1.29 is 4.74 Å². The van der Waals surface area contributed by atoms with Crippen LogP contribution in [0, 0.1) is 17.8 Å². The molecule has 3 nitrogen and oxygen atoms in total. The monoisotopic (exact) mass is 242 g/mol. The highest BCUT2D eigenvalue weighted by Crippen LogP contribution is 2.19. The molecular weight excluding hydrogens is 212 g/mol. The summed E-state index contributed by atoms with van der Waals surface area (Å²) in [6.07, 6.45) is 3.82. The van der Waals surface area contributed by atoms with Gasteiger partial charge in [-0.25, -0.2) is 0 Å². The zero-order valence-corrected chi connectivity index (χ0v) is 11.8. The fourth-order valence-electron chi connectivity index (χ4n) is 2.85. The van der Waals surface area contributed by atoms with Gasteiger partial charge in [-0.05, 0) is 56.7 Å². The van der Waals surface area contributed by atoms with Crippen LogP contribution in [0.15, 0.2) is 0 Å². The van der Waals surface area contributed by atoms with E-state index < -0.39 is 0 Å². The smallest absolute Gasteiger partial charge is 0.0503 e. The molecule has 0 spiro atoms. The molecular formula is C14H30N2O. The molecule has 0 aromatic rings. The molecule has 17 heavy (non-hydrogen) atoms. The first-order valence-corrected chi connectivity index (χ1v) is 7.07. The maximum atomic E-state index is 5.84. The van der Waals surface area contributed by atoms with Gasteiger partial charge in [0.25, 0.3) is 0 Å². The summed E-state index contributed by atoms with van der Waals surface area (Å²) < 4.78 is 5.23. The van der Waals surface area contributed by atoms with Gasteiger partial charge in [0.2, 0.25) is 0 Å². The minimum atomic E-state index is 0.705. The van der Waals surface area contributed by atoms with Crippen LogP contribution < -0.4 is 5.73 Å². The zero-order valence-electron chi connectivity index (χ0n) is 11.8. The first-order valence-electron chi connectivity index (χ1n) is 7.07. The van der Waals surface area contributed by atoms with E-state index in [2.05, 4.69) is 18.7 Å². The predicted molar refractivity (Wildman–Crippen MR) is 73.0 cm³/mol. The Labute approximate surface area is 107 Å². The van der Waals surface area contributed by atoms with Crippen molar-refractivity contribution in [3.8, 4) is 0 Å². The van der Waals surface area contributed by atoms with Crippen molar-refractivity contribution in [2.24, 2.45) is 23.5 Å². The Kier molecular flexibility index (Phi) is 7.09. The van der Waals surface area contributed by atoms with Crippen LogP contribution in [0.25, 0.3) is 0 Å². The number of hydrogen-bond acceptors (Lipinski definition) is 3. The van der Waals surface area contributed by atoms with Crippen molar-refractivity contribution in [1.82, 2.24) is 4.90 Å². The second-order valence-electron chi connectivity index (χ2n) is 5.93.